The van der Waals surface area contributed by atoms with Gasteiger partial charge in [-0.2, -0.15) is 0 Å². The molecular weight excluding hydrogens is 450 g/mol. The third-order valence-corrected chi connectivity index (χ3v) is 6.65. The molecule has 1 saturated heterocycles. The summed E-state index contributed by atoms with van der Waals surface area (Å²) in [6.45, 7) is 9.72. The minimum absolute atomic E-state index is 0.401. The summed E-state index contributed by atoms with van der Waals surface area (Å²) in [5.74, 6) is 1.73. The lowest BCUT2D eigenvalue weighted by molar-refractivity contribution is 0.114. The summed E-state index contributed by atoms with van der Waals surface area (Å²) in [4.78, 5) is 7.62. The summed E-state index contributed by atoms with van der Waals surface area (Å²) < 4.78 is 17.4. The van der Waals surface area contributed by atoms with Crippen molar-refractivity contribution in [1.29, 1.82) is 0 Å². The van der Waals surface area contributed by atoms with E-state index in [4.69, 9.17) is 19.2 Å². The first kappa shape index (κ1) is 26.4. The number of aromatic nitrogens is 1. The summed E-state index contributed by atoms with van der Waals surface area (Å²) in [5, 5.41) is 4.39. The second-order valence-corrected chi connectivity index (χ2v) is 9.85. The Labute approximate surface area is 216 Å². The molecule has 6 nitrogen and oxygen atoms in total. The highest BCUT2D eigenvalue weighted by molar-refractivity contribution is 5.84. The van der Waals surface area contributed by atoms with Crippen LogP contribution in [0.5, 0.6) is 11.5 Å². The molecule has 1 aliphatic heterocycles. The van der Waals surface area contributed by atoms with Crippen molar-refractivity contribution in [2.45, 2.75) is 52.0 Å². The van der Waals surface area contributed by atoms with Crippen LogP contribution in [-0.4, -0.2) is 62.6 Å². The van der Waals surface area contributed by atoms with Crippen LogP contribution in [0.4, 0.5) is 0 Å². The van der Waals surface area contributed by atoms with Gasteiger partial charge < -0.3 is 19.1 Å². The van der Waals surface area contributed by atoms with E-state index in [1.807, 2.05) is 24.3 Å². The molecule has 194 valence electrons. The molecule has 3 aromatic rings. The van der Waals surface area contributed by atoms with Crippen LogP contribution in [0.15, 0.2) is 48.5 Å². The van der Waals surface area contributed by atoms with Gasteiger partial charge in [0.2, 0.25) is 0 Å². The zero-order chi connectivity index (χ0) is 25.2. The normalized spacial score (nSPS) is 14.4. The van der Waals surface area contributed by atoms with E-state index in [0.29, 0.717) is 19.4 Å². The molecule has 0 radical (unpaired) electrons. The van der Waals surface area contributed by atoms with Gasteiger partial charge in [-0.25, -0.2) is 4.98 Å². The summed E-state index contributed by atoms with van der Waals surface area (Å²) in [7, 11) is 1.69. The van der Waals surface area contributed by atoms with Crippen LogP contribution in [0.25, 0.3) is 22.2 Å². The van der Waals surface area contributed by atoms with Crippen LogP contribution in [0.1, 0.15) is 45.1 Å². The second kappa shape index (κ2) is 13.6. The Balaban J connectivity index is 1.48. The molecule has 0 aliphatic carbocycles. The van der Waals surface area contributed by atoms with E-state index in [0.717, 1.165) is 65.2 Å². The predicted molar refractivity (Wildman–Crippen MR) is 147 cm³/mol. The molecule has 0 amide bonds. The molecule has 36 heavy (non-hydrogen) atoms. The number of hydrogen-bond donors (Lipinski definition) is 1. The maximum absolute atomic E-state index is 6.12. The van der Waals surface area contributed by atoms with Crippen molar-refractivity contribution in [3.8, 4) is 22.8 Å². The van der Waals surface area contributed by atoms with E-state index in [2.05, 4.69) is 48.3 Å². The number of nitrogens with one attached hydrogen (secondary N) is 1. The molecule has 1 aromatic heterocycles. The molecule has 2 aromatic carbocycles. The smallest absolute Gasteiger partial charge is 0.120 e. The van der Waals surface area contributed by atoms with Crippen LogP contribution in [-0.2, 0) is 11.2 Å². The molecule has 2 heterocycles. The van der Waals surface area contributed by atoms with Gasteiger partial charge in [0.15, 0.2) is 0 Å². The van der Waals surface area contributed by atoms with Crippen molar-refractivity contribution in [2.75, 3.05) is 46.7 Å². The van der Waals surface area contributed by atoms with Gasteiger partial charge in [-0.15, -0.1) is 0 Å². The van der Waals surface area contributed by atoms with Crippen molar-refractivity contribution in [3.05, 3.63) is 54.1 Å². The predicted octanol–water partition coefficient (Wildman–Crippen LogP) is 5.68. The molecule has 0 bridgehead atoms. The van der Waals surface area contributed by atoms with Gasteiger partial charge >= 0.3 is 0 Å². The molecule has 1 N–H and O–H groups in total. The highest BCUT2D eigenvalue weighted by atomic mass is 16.5. The lowest BCUT2D eigenvalue weighted by atomic mass is 10.0. The number of fused-ring (bicyclic) bond motifs is 1. The SMILES string of the molecule is COc1cccc(-c2nc3ccc(OCCCN4CCCCC4)cc3cc2CCOCNC(C)C)c1. The lowest BCUT2D eigenvalue weighted by Gasteiger charge is -2.26. The third kappa shape index (κ3) is 7.66. The van der Waals surface area contributed by atoms with Crippen LogP contribution in [0, 0.1) is 0 Å². The summed E-state index contributed by atoms with van der Waals surface area (Å²) in [5.41, 5.74) is 4.13. The number of piperidine rings is 1. The van der Waals surface area contributed by atoms with Crippen molar-refractivity contribution in [2.24, 2.45) is 0 Å². The number of methoxy groups -OCH3 is 1. The quantitative estimate of drug-likeness (QED) is 0.245. The van der Waals surface area contributed by atoms with Crippen LogP contribution in [0.2, 0.25) is 0 Å². The van der Waals surface area contributed by atoms with Gasteiger partial charge in [-0.05, 0) is 94.6 Å². The Morgan fingerprint density at radius 3 is 2.64 bits per heavy atom. The number of ether oxygens (including phenoxy) is 3. The van der Waals surface area contributed by atoms with E-state index in [1.165, 1.54) is 32.4 Å². The average molecular weight is 492 g/mol. The van der Waals surface area contributed by atoms with Crippen molar-refractivity contribution in [3.63, 3.8) is 0 Å². The minimum Gasteiger partial charge on any atom is -0.497 e. The van der Waals surface area contributed by atoms with Gasteiger partial charge in [0.05, 0.1) is 38.3 Å². The molecule has 6 heteroatoms. The summed E-state index contributed by atoms with van der Waals surface area (Å²) >= 11 is 0. The maximum atomic E-state index is 6.12. The highest BCUT2D eigenvalue weighted by Crippen LogP contribution is 2.30. The largest absolute Gasteiger partial charge is 0.497 e. The second-order valence-electron chi connectivity index (χ2n) is 9.85. The fraction of sp³-hybridized carbons (Fsp3) is 0.500. The molecular formula is C30H41N3O3. The number of likely N-dealkylation sites (tertiary alicyclic amines) is 1. The van der Waals surface area contributed by atoms with Crippen LogP contribution >= 0.6 is 0 Å². The van der Waals surface area contributed by atoms with Crippen LogP contribution in [0.3, 0.4) is 0 Å². The first-order valence-corrected chi connectivity index (χ1v) is 13.4. The molecule has 0 saturated carbocycles. The first-order chi connectivity index (χ1) is 17.6. The zero-order valence-electron chi connectivity index (χ0n) is 22.1. The van der Waals surface area contributed by atoms with Crippen molar-refractivity contribution < 1.29 is 14.2 Å². The van der Waals surface area contributed by atoms with Gasteiger partial charge in [0.25, 0.3) is 0 Å². The van der Waals surface area contributed by atoms with E-state index >= 15 is 0 Å². The van der Waals surface area contributed by atoms with E-state index in [9.17, 15) is 0 Å². The number of rotatable bonds is 13. The maximum Gasteiger partial charge on any atom is 0.120 e. The molecule has 1 fully saturated rings. The summed E-state index contributed by atoms with van der Waals surface area (Å²) in [6.07, 6.45) is 5.87. The van der Waals surface area contributed by atoms with E-state index in [1.54, 1.807) is 7.11 Å². The molecule has 4 rings (SSSR count). The molecule has 0 unspecified atom stereocenters. The Morgan fingerprint density at radius 2 is 1.83 bits per heavy atom. The lowest BCUT2D eigenvalue weighted by Crippen LogP contribution is -2.31. The highest BCUT2D eigenvalue weighted by Gasteiger charge is 2.12. The Bertz CT molecular complexity index is 1100. The van der Waals surface area contributed by atoms with Crippen molar-refractivity contribution in [1.82, 2.24) is 15.2 Å². The standard InChI is InChI=1S/C30H41N3O3/c1-23(2)31-22-35-18-13-25-19-26-21-28(36-17-8-16-33-14-5-4-6-15-33)11-12-29(26)32-30(25)24-9-7-10-27(20-24)34-3/h7,9-12,19-21,23,31H,4-6,8,13-18,22H2,1-3H3. The fourth-order valence-corrected chi connectivity index (χ4v) is 4.64. The molecule has 0 atom stereocenters. The molecule has 0 spiro atoms. The first-order valence-electron chi connectivity index (χ1n) is 13.4. The third-order valence-electron chi connectivity index (χ3n) is 6.65. The number of benzene rings is 2. The Hall–Kier alpha value is -2.67. The zero-order valence-corrected chi connectivity index (χ0v) is 22.1. The summed E-state index contributed by atoms with van der Waals surface area (Å²) in [6, 6.07) is 16.9. The Morgan fingerprint density at radius 1 is 0.972 bits per heavy atom. The topological polar surface area (TPSA) is 55.9 Å². The average Bonchev–Trinajstić information content (AvgIpc) is 2.91. The Kier molecular flexibility index (Phi) is 9.96. The van der Waals surface area contributed by atoms with Gasteiger partial charge in [0, 0.05) is 23.5 Å². The van der Waals surface area contributed by atoms with Gasteiger partial charge in [-0.3, -0.25) is 5.32 Å². The molecule has 1 aliphatic rings. The number of pyridine rings is 1. The van der Waals surface area contributed by atoms with E-state index in [-0.39, 0.29) is 0 Å². The monoisotopic (exact) mass is 491 g/mol. The van der Waals surface area contributed by atoms with Gasteiger partial charge in [0.1, 0.15) is 11.5 Å². The number of nitrogens with zero attached hydrogens (tertiary/aromatic N) is 2. The van der Waals surface area contributed by atoms with Gasteiger partial charge in [-0.1, -0.05) is 18.6 Å². The fourth-order valence-electron chi connectivity index (χ4n) is 4.64. The minimum atomic E-state index is 0.401. The van der Waals surface area contributed by atoms with E-state index < -0.39 is 0 Å². The van der Waals surface area contributed by atoms with Crippen molar-refractivity contribution >= 4 is 10.9 Å². The number of hydrogen-bond acceptors (Lipinski definition) is 6. The van der Waals surface area contributed by atoms with Crippen LogP contribution < -0.4 is 14.8 Å².